The van der Waals surface area contributed by atoms with E-state index in [9.17, 15) is 4.79 Å². The summed E-state index contributed by atoms with van der Waals surface area (Å²) in [6.45, 7) is 5.78. The van der Waals surface area contributed by atoms with Gasteiger partial charge >= 0.3 is 0 Å². The van der Waals surface area contributed by atoms with Gasteiger partial charge in [0.2, 0.25) is 0 Å². The monoisotopic (exact) mass is 469 g/mol. The number of pyridine rings is 2. The summed E-state index contributed by atoms with van der Waals surface area (Å²) in [4.78, 5) is 24.9. The second-order valence-electron chi connectivity index (χ2n) is 8.59. The van der Waals surface area contributed by atoms with Crippen molar-refractivity contribution in [2.45, 2.75) is 33.5 Å². The normalized spacial score (nSPS) is 11.4. The molecule has 5 aromatic rings. The molecule has 178 valence electrons. The highest BCUT2D eigenvalue weighted by Gasteiger charge is 2.20. The van der Waals surface area contributed by atoms with Gasteiger partial charge in [-0.2, -0.15) is 10.2 Å². The van der Waals surface area contributed by atoms with Crippen LogP contribution in [0.4, 0.5) is 0 Å². The van der Waals surface area contributed by atoms with Crippen molar-refractivity contribution >= 4 is 27.7 Å². The smallest absolute Gasteiger partial charge is 0.254 e. The Balaban J connectivity index is 1.59. The van der Waals surface area contributed by atoms with E-state index >= 15 is 0 Å². The van der Waals surface area contributed by atoms with Crippen molar-refractivity contribution in [3.05, 3.63) is 71.3 Å². The Hall–Kier alpha value is -4.11. The number of carbonyl (C=O) groups excluding carboxylic acids is 1. The first-order valence-corrected chi connectivity index (χ1v) is 11.5. The molecule has 1 aromatic carbocycles. The van der Waals surface area contributed by atoms with E-state index in [-0.39, 0.29) is 5.91 Å². The van der Waals surface area contributed by atoms with Crippen LogP contribution in [-0.2, 0) is 24.4 Å². The van der Waals surface area contributed by atoms with E-state index in [1.54, 1.807) is 24.4 Å². The summed E-state index contributed by atoms with van der Waals surface area (Å²) in [5.41, 5.74) is 6.41. The van der Waals surface area contributed by atoms with E-state index in [2.05, 4.69) is 27.2 Å². The SMILES string of the molecule is CCn1ncc(CN(C)C(=O)c2cc(-c3cc4n[nH]cc4cn3)nc3ccc(COC)cc23)c1C. The van der Waals surface area contributed by atoms with E-state index in [1.807, 2.05) is 55.2 Å². The van der Waals surface area contributed by atoms with Crippen LogP contribution in [0, 0.1) is 6.92 Å². The largest absolute Gasteiger partial charge is 0.380 e. The molecule has 9 heteroatoms. The quantitative estimate of drug-likeness (QED) is 0.385. The number of nitrogens with zero attached hydrogens (tertiary/aromatic N) is 6. The summed E-state index contributed by atoms with van der Waals surface area (Å²) in [5, 5.41) is 13.2. The Labute approximate surface area is 202 Å². The van der Waals surface area contributed by atoms with Gasteiger partial charge in [0.25, 0.3) is 5.91 Å². The number of aromatic nitrogens is 6. The highest BCUT2D eigenvalue weighted by Crippen LogP contribution is 2.28. The second-order valence-corrected chi connectivity index (χ2v) is 8.59. The van der Waals surface area contributed by atoms with Crippen LogP contribution in [0.3, 0.4) is 0 Å². The first kappa shape index (κ1) is 22.7. The molecule has 0 saturated carbocycles. The Morgan fingerprint density at radius 1 is 1.14 bits per heavy atom. The van der Waals surface area contributed by atoms with Gasteiger partial charge in [-0.05, 0) is 43.7 Å². The van der Waals surface area contributed by atoms with Gasteiger partial charge in [0.05, 0.1) is 40.8 Å². The van der Waals surface area contributed by atoms with Crippen LogP contribution in [0.1, 0.15) is 34.1 Å². The molecular formula is C26H27N7O2. The minimum atomic E-state index is -0.0993. The zero-order chi connectivity index (χ0) is 24.5. The molecule has 0 radical (unpaired) electrons. The summed E-state index contributed by atoms with van der Waals surface area (Å²) in [6.07, 6.45) is 5.38. The van der Waals surface area contributed by atoms with Crippen molar-refractivity contribution in [3.8, 4) is 11.4 Å². The Kier molecular flexibility index (Phi) is 6.00. The number of aromatic amines is 1. The number of aryl methyl sites for hydroxylation is 1. The topological polar surface area (TPSA) is 102 Å². The molecular weight excluding hydrogens is 442 g/mol. The molecule has 0 fully saturated rings. The predicted molar refractivity (Wildman–Crippen MR) is 134 cm³/mol. The fraction of sp³-hybridized carbons (Fsp3) is 0.269. The molecule has 0 aliphatic heterocycles. The summed E-state index contributed by atoms with van der Waals surface area (Å²) in [6, 6.07) is 9.56. The third kappa shape index (κ3) is 4.26. The zero-order valence-corrected chi connectivity index (χ0v) is 20.2. The second kappa shape index (κ2) is 9.27. The highest BCUT2D eigenvalue weighted by atomic mass is 16.5. The molecule has 0 aliphatic rings. The van der Waals surface area contributed by atoms with E-state index in [0.717, 1.165) is 45.2 Å². The number of hydrogen-bond donors (Lipinski definition) is 1. The van der Waals surface area contributed by atoms with Crippen LogP contribution >= 0.6 is 0 Å². The van der Waals surface area contributed by atoms with Crippen molar-refractivity contribution in [2.75, 3.05) is 14.2 Å². The van der Waals surface area contributed by atoms with Crippen molar-refractivity contribution < 1.29 is 9.53 Å². The molecule has 9 nitrogen and oxygen atoms in total. The van der Waals surface area contributed by atoms with Crippen molar-refractivity contribution in [1.29, 1.82) is 0 Å². The van der Waals surface area contributed by atoms with Gasteiger partial charge < -0.3 is 9.64 Å². The predicted octanol–water partition coefficient (Wildman–Crippen LogP) is 4.12. The summed E-state index contributed by atoms with van der Waals surface area (Å²) in [7, 11) is 3.46. The van der Waals surface area contributed by atoms with Gasteiger partial charge in [-0.15, -0.1) is 0 Å². The van der Waals surface area contributed by atoms with Gasteiger partial charge in [-0.1, -0.05) is 6.07 Å². The van der Waals surface area contributed by atoms with Crippen molar-refractivity contribution in [1.82, 2.24) is 34.8 Å². The molecule has 1 N–H and O–H groups in total. The number of amides is 1. The third-order valence-corrected chi connectivity index (χ3v) is 6.25. The van der Waals surface area contributed by atoms with Crippen LogP contribution in [0.5, 0.6) is 0 Å². The lowest BCUT2D eigenvalue weighted by Gasteiger charge is -2.19. The van der Waals surface area contributed by atoms with E-state index < -0.39 is 0 Å². The van der Waals surface area contributed by atoms with Crippen LogP contribution in [0.2, 0.25) is 0 Å². The summed E-state index contributed by atoms with van der Waals surface area (Å²) >= 11 is 0. The molecule has 5 rings (SSSR count). The first-order valence-electron chi connectivity index (χ1n) is 11.5. The first-order chi connectivity index (χ1) is 17.0. The summed E-state index contributed by atoms with van der Waals surface area (Å²) in [5.74, 6) is -0.0993. The molecule has 1 amide bonds. The number of benzene rings is 1. The van der Waals surface area contributed by atoms with Crippen LogP contribution in [0.15, 0.2) is 48.9 Å². The fourth-order valence-corrected chi connectivity index (χ4v) is 4.30. The lowest BCUT2D eigenvalue weighted by Crippen LogP contribution is -2.27. The molecule has 4 heterocycles. The number of nitrogens with one attached hydrogen (secondary N) is 1. The fourth-order valence-electron chi connectivity index (χ4n) is 4.30. The number of fused-ring (bicyclic) bond motifs is 2. The number of hydrogen-bond acceptors (Lipinski definition) is 6. The minimum absolute atomic E-state index is 0.0993. The maximum atomic E-state index is 13.8. The molecule has 35 heavy (non-hydrogen) atoms. The van der Waals surface area contributed by atoms with E-state index in [1.165, 1.54) is 0 Å². The number of ether oxygens (including phenoxy) is 1. The molecule has 0 spiro atoms. The Morgan fingerprint density at radius 3 is 2.77 bits per heavy atom. The average Bonchev–Trinajstić information content (AvgIpc) is 3.48. The van der Waals surface area contributed by atoms with Gasteiger partial charge in [0.15, 0.2) is 0 Å². The molecule has 0 aliphatic carbocycles. The van der Waals surface area contributed by atoms with Crippen LogP contribution in [0.25, 0.3) is 33.2 Å². The zero-order valence-electron chi connectivity index (χ0n) is 20.2. The maximum absolute atomic E-state index is 13.8. The molecule has 4 aromatic heterocycles. The maximum Gasteiger partial charge on any atom is 0.254 e. The molecule has 0 saturated heterocycles. The highest BCUT2D eigenvalue weighted by molar-refractivity contribution is 6.07. The van der Waals surface area contributed by atoms with Gasteiger partial charge in [0.1, 0.15) is 0 Å². The molecule has 0 atom stereocenters. The molecule has 0 unspecified atom stereocenters. The standard InChI is InChI=1S/C26H27N7O2/c1-5-33-16(2)19(13-29-33)14-32(3)26(34)21-9-25(24-10-23-18(11-27-24)12-28-31-23)30-22-7-6-17(15-35-4)8-20(21)22/h6-13H,5,14-15H2,1-4H3,(H,28,31). The van der Waals surface area contributed by atoms with Crippen molar-refractivity contribution in [3.63, 3.8) is 0 Å². The molecule has 0 bridgehead atoms. The third-order valence-electron chi connectivity index (χ3n) is 6.25. The number of rotatable bonds is 7. The Morgan fingerprint density at radius 2 is 2.00 bits per heavy atom. The van der Waals surface area contributed by atoms with Gasteiger partial charge in [0, 0.05) is 61.7 Å². The van der Waals surface area contributed by atoms with Gasteiger partial charge in [-0.3, -0.25) is 19.6 Å². The van der Waals surface area contributed by atoms with Gasteiger partial charge in [-0.25, -0.2) is 4.98 Å². The minimum Gasteiger partial charge on any atom is -0.380 e. The van der Waals surface area contributed by atoms with Crippen LogP contribution < -0.4 is 0 Å². The van der Waals surface area contributed by atoms with E-state index in [0.29, 0.717) is 30.1 Å². The number of H-pyrrole nitrogens is 1. The number of methoxy groups -OCH3 is 1. The number of carbonyl (C=O) groups is 1. The lowest BCUT2D eigenvalue weighted by atomic mass is 10.0. The van der Waals surface area contributed by atoms with E-state index in [4.69, 9.17) is 9.72 Å². The lowest BCUT2D eigenvalue weighted by molar-refractivity contribution is 0.0787. The Bertz CT molecular complexity index is 1540. The average molecular weight is 470 g/mol. The van der Waals surface area contributed by atoms with Crippen molar-refractivity contribution in [2.24, 2.45) is 0 Å². The van der Waals surface area contributed by atoms with Crippen LogP contribution in [-0.4, -0.2) is 54.9 Å². The summed E-state index contributed by atoms with van der Waals surface area (Å²) < 4.78 is 7.24.